The fourth-order valence-electron chi connectivity index (χ4n) is 2.60. The number of nitrogens with two attached hydrogens (primary N) is 1. The van der Waals surface area contributed by atoms with Crippen LogP contribution in [0.2, 0.25) is 0 Å². The van der Waals surface area contributed by atoms with Crippen LogP contribution >= 0.6 is 0 Å². The lowest BCUT2D eigenvalue weighted by Gasteiger charge is -2.13. The number of sulfonamides is 1. The Morgan fingerprint density at radius 3 is 2.09 bits per heavy atom. The van der Waals surface area contributed by atoms with Gasteiger partial charge in [0.2, 0.25) is 10.0 Å². The largest absolute Gasteiger partial charge is 0.330 e. The van der Waals surface area contributed by atoms with Crippen molar-refractivity contribution in [2.75, 3.05) is 26.2 Å². The molecule has 1 aromatic rings. The number of unbranched alkanes of at least 4 members (excludes halogenated alkanes) is 1. The Bertz CT molecular complexity index is 548. The van der Waals surface area contributed by atoms with Gasteiger partial charge in [-0.2, -0.15) is 0 Å². The van der Waals surface area contributed by atoms with Gasteiger partial charge in [-0.1, -0.05) is 17.7 Å². The van der Waals surface area contributed by atoms with E-state index in [2.05, 4.69) is 10.0 Å². The van der Waals surface area contributed by atoms with Crippen LogP contribution in [0.3, 0.4) is 0 Å². The lowest BCUT2D eigenvalue weighted by atomic mass is 10.1. The highest BCUT2D eigenvalue weighted by Gasteiger charge is 2.18. The molecule has 0 spiro atoms. The first-order valence-corrected chi connectivity index (χ1v) is 9.35. The maximum Gasteiger partial charge on any atom is 0.241 e. The molecule has 0 bridgehead atoms. The van der Waals surface area contributed by atoms with Gasteiger partial charge in [0.05, 0.1) is 4.90 Å². The lowest BCUT2D eigenvalue weighted by Crippen LogP contribution is -2.27. The van der Waals surface area contributed by atoms with Crippen LogP contribution in [0.1, 0.15) is 36.0 Å². The van der Waals surface area contributed by atoms with E-state index in [0.717, 1.165) is 49.0 Å². The Balaban J connectivity index is 2.45. The van der Waals surface area contributed by atoms with E-state index in [9.17, 15) is 8.42 Å². The first-order chi connectivity index (χ1) is 10.4. The molecule has 0 atom stereocenters. The Hall–Kier alpha value is -0.950. The third kappa shape index (κ3) is 6.04. The maximum atomic E-state index is 12.4. The molecule has 0 saturated carbocycles. The standard InChI is InChI=1S/C16H29N3O2S/c1-13-11-14(2)16(15(3)12-13)22(20,21)19-10-5-4-8-18-9-6-7-17/h11-12,18-19H,4-10,17H2,1-3H3. The zero-order chi connectivity index (χ0) is 16.6. The van der Waals surface area contributed by atoms with Gasteiger partial charge in [-0.3, -0.25) is 0 Å². The molecule has 6 heteroatoms. The van der Waals surface area contributed by atoms with Gasteiger partial charge in [0, 0.05) is 6.54 Å². The van der Waals surface area contributed by atoms with Crippen LogP contribution in [-0.4, -0.2) is 34.6 Å². The van der Waals surface area contributed by atoms with Crippen molar-refractivity contribution in [3.63, 3.8) is 0 Å². The smallest absolute Gasteiger partial charge is 0.241 e. The minimum Gasteiger partial charge on any atom is -0.330 e. The maximum absolute atomic E-state index is 12.4. The van der Waals surface area contributed by atoms with Crippen LogP contribution in [0, 0.1) is 20.8 Å². The first-order valence-electron chi connectivity index (χ1n) is 7.87. The number of nitrogens with one attached hydrogen (secondary N) is 2. The molecular formula is C16H29N3O2S. The van der Waals surface area contributed by atoms with Gasteiger partial charge in [0.1, 0.15) is 0 Å². The minimum absolute atomic E-state index is 0.416. The van der Waals surface area contributed by atoms with Crippen molar-refractivity contribution in [2.24, 2.45) is 5.73 Å². The average Bonchev–Trinajstić information content (AvgIpc) is 2.40. The minimum atomic E-state index is -3.43. The summed E-state index contributed by atoms with van der Waals surface area (Å²) in [4.78, 5) is 0.416. The van der Waals surface area contributed by atoms with Gasteiger partial charge in [-0.05, 0) is 70.8 Å². The summed E-state index contributed by atoms with van der Waals surface area (Å²) in [5, 5.41) is 3.28. The van der Waals surface area contributed by atoms with Gasteiger partial charge >= 0.3 is 0 Å². The Kier molecular flexibility index (Phi) is 8.03. The quantitative estimate of drug-likeness (QED) is 0.570. The molecule has 5 nitrogen and oxygen atoms in total. The van der Waals surface area contributed by atoms with Crippen molar-refractivity contribution in [3.8, 4) is 0 Å². The van der Waals surface area contributed by atoms with Crippen LogP contribution in [-0.2, 0) is 10.0 Å². The molecule has 22 heavy (non-hydrogen) atoms. The van der Waals surface area contributed by atoms with Crippen molar-refractivity contribution in [2.45, 2.75) is 44.9 Å². The molecule has 0 saturated heterocycles. The predicted octanol–water partition coefficient (Wildman–Crippen LogP) is 1.61. The van der Waals surface area contributed by atoms with Crippen LogP contribution in [0.4, 0.5) is 0 Å². The van der Waals surface area contributed by atoms with Crippen molar-refractivity contribution in [3.05, 3.63) is 28.8 Å². The fraction of sp³-hybridized carbons (Fsp3) is 0.625. The molecule has 0 radical (unpaired) electrons. The number of benzene rings is 1. The summed E-state index contributed by atoms with van der Waals surface area (Å²) in [6, 6.07) is 3.81. The molecule has 0 aromatic heterocycles. The lowest BCUT2D eigenvalue weighted by molar-refractivity contribution is 0.568. The number of aryl methyl sites for hydroxylation is 3. The van der Waals surface area contributed by atoms with Crippen LogP contribution in [0.15, 0.2) is 17.0 Å². The summed E-state index contributed by atoms with van der Waals surface area (Å²) in [6.07, 6.45) is 2.73. The Morgan fingerprint density at radius 2 is 1.50 bits per heavy atom. The highest BCUT2D eigenvalue weighted by Crippen LogP contribution is 2.21. The Morgan fingerprint density at radius 1 is 0.955 bits per heavy atom. The summed E-state index contributed by atoms with van der Waals surface area (Å²) in [7, 11) is -3.43. The van der Waals surface area contributed by atoms with Crippen LogP contribution in [0.5, 0.6) is 0 Å². The van der Waals surface area contributed by atoms with Gasteiger partial charge < -0.3 is 11.1 Å². The normalized spacial score (nSPS) is 11.8. The highest BCUT2D eigenvalue weighted by atomic mass is 32.2. The summed E-state index contributed by atoms with van der Waals surface area (Å²) < 4.78 is 27.5. The second-order valence-corrected chi connectivity index (χ2v) is 7.43. The molecule has 0 unspecified atom stereocenters. The molecule has 0 heterocycles. The number of rotatable bonds is 10. The predicted molar refractivity (Wildman–Crippen MR) is 91.6 cm³/mol. The molecule has 0 amide bonds. The van der Waals surface area contributed by atoms with E-state index < -0.39 is 10.0 Å². The molecule has 4 N–H and O–H groups in total. The van der Waals surface area contributed by atoms with E-state index in [4.69, 9.17) is 5.73 Å². The fourth-order valence-corrected chi connectivity index (χ4v) is 4.12. The Labute approximate surface area is 134 Å². The molecule has 126 valence electrons. The molecule has 1 rings (SSSR count). The topological polar surface area (TPSA) is 84.2 Å². The van der Waals surface area contributed by atoms with Crippen LogP contribution < -0.4 is 15.8 Å². The first kappa shape index (κ1) is 19.1. The van der Waals surface area contributed by atoms with Crippen molar-refractivity contribution in [1.82, 2.24) is 10.0 Å². The monoisotopic (exact) mass is 327 g/mol. The van der Waals surface area contributed by atoms with E-state index in [-0.39, 0.29) is 0 Å². The zero-order valence-electron chi connectivity index (χ0n) is 13.9. The van der Waals surface area contributed by atoms with Crippen LogP contribution in [0.25, 0.3) is 0 Å². The van der Waals surface area contributed by atoms with Gasteiger partial charge in [0.15, 0.2) is 0 Å². The summed E-state index contributed by atoms with van der Waals surface area (Å²) in [6.45, 7) is 8.64. The van der Waals surface area contributed by atoms with Gasteiger partial charge in [0.25, 0.3) is 0 Å². The highest BCUT2D eigenvalue weighted by molar-refractivity contribution is 7.89. The molecule has 0 aliphatic carbocycles. The number of hydrogen-bond acceptors (Lipinski definition) is 4. The van der Waals surface area contributed by atoms with E-state index in [1.54, 1.807) is 0 Å². The molecule has 1 aromatic carbocycles. The second-order valence-electron chi connectivity index (χ2n) is 5.72. The molecular weight excluding hydrogens is 298 g/mol. The van der Waals surface area contributed by atoms with E-state index >= 15 is 0 Å². The van der Waals surface area contributed by atoms with Crippen molar-refractivity contribution in [1.29, 1.82) is 0 Å². The van der Waals surface area contributed by atoms with Gasteiger partial charge in [-0.25, -0.2) is 13.1 Å². The third-order valence-corrected chi connectivity index (χ3v) is 5.27. The molecule has 0 aliphatic heterocycles. The SMILES string of the molecule is Cc1cc(C)c(S(=O)(=O)NCCCCNCCCN)c(C)c1. The number of hydrogen-bond donors (Lipinski definition) is 3. The molecule has 0 fully saturated rings. The van der Waals surface area contributed by atoms with Crippen molar-refractivity contribution < 1.29 is 8.42 Å². The summed E-state index contributed by atoms with van der Waals surface area (Å²) >= 11 is 0. The summed E-state index contributed by atoms with van der Waals surface area (Å²) in [5.41, 5.74) is 8.09. The second kappa shape index (κ2) is 9.25. The van der Waals surface area contributed by atoms with E-state index in [1.807, 2.05) is 32.9 Å². The zero-order valence-corrected chi connectivity index (χ0v) is 14.7. The van der Waals surface area contributed by atoms with E-state index in [0.29, 0.717) is 18.0 Å². The van der Waals surface area contributed by atoms with Crippen molar-refractivity contribution >= 4 is 10.0 Å². The summed E-state index contributed by atoms with van der Waals surface area (Å²) in [5.74, 6) is 0. The molecule has 0 aliphatic rings. The average molecular weight is 327 g/mol. The third-order valence-electron chi connectivity index (χ3n) is 3.50. The van der Waals surface area contributed by atoms with E-state index in [1.165, 1.54) is 0 Å². The van der Waals surface area contributed by atoms with Gasteiger partial charge in [-0.15, -0.1) is 0 Å².